The zero-order valence-corrected chi connectivity index (χ0v) is 12.7. The van der Waals surface area contributed by atoms with Gasteiger partial charge in [0.2, 0.25) is 5.91 Å². The highest BCUT2D eigenvalue weighted by Crippen LogP contribution is 2.20. The average Bonchev–Trinajstić information content (AvgIpc) is 3.17. The van der Waals surface area contributed by atoms with E-state index in [2.05, 4.69) is 12.2 Å². The van der Waals surface area contributed by atoms with Gasteiger partial charge < -0.3 is 19.9 Å². The van der Waals surface area contributed by atoms with Crippen molar-refractivity contribution in [3.8, 4) is 0 Å². The zero-order chi connectivity index (χ0) is 14.8. The van der Waals surface area contributed by atoms with Crippen LogP contribution < -0.4 is 5.32 Å². The van der Waals surface area contributed by atoms with Crippen molar-refractivity contribution in [1.82, 2.24) is 15.1 Å². The predicted octanol–water partition coefficient (Wildman–Crippen LogP) is -0.308. The van der Waals surface area contributed by atoms with Crippen LogP contribution in [-0.4, -0.2) is 73.6 Å². The van der Waals surface area contributed by atoms with Crippen LogP contribution in [0.3, 0.4) is 0 Å². The van der Waals surface area contributed by atoms with E-state index in [9.17, 15) is 9.59 Å². The van der Waals surface area contributed by atoms with Crippen LogP contribution in [0.15, 0.2) is 0 Å². The van der Waals surface area contributed by atoms with Crippen molar-refractivity contribution in [3.05, 3.63) is 0 Å². The fourth-order valence-corrected chi connectivity index (χ4v) is 3.50. The van der Waals surface area contributed by atoms with Crippen molar-refractivity contribution in [2.75, 3.05) is 45.9 Å². The molecule has 0 aliphatic carbocycles. The van der Waals surface area contributed by atoms with Gasteiger partial charge >= 0.3 is 0 Å². The molecule has 3 fully saturated rings. The molecule has 21 heavy (non-hydrogen) atoms. The third kappa shape index (κ3) is 3.06. The number of hydrogen-bond acceptors (Lipinski definition) is 4. The monoisotopic (exact) mass is 295 g/mol. The van der Waals surface area contributed by atoms with E-state index in [0.29, 0.717) is 38.7 Å². The zero-order valence-electron chi connectivity index (χ0n) is 12.7. The summed E-state index contributed by atoms with van der Waals surface area (Å²) in [6.07, 6.45) is 1.57. The van der Waals surface area contributed by atoms with Gasteiger partial charge in [0.15, 0.2) is 0 Å². The van der Waals surface area contributed by atoms with Gasteiger partial charge in [-0.1, -0.05) is 6.92 Å². The van der Waals surface area contributed by atoms with E-state index < -0.39 is 0 Å². The quantitative estimate of drug-likeness (QED) is 0.759. The summed E-state index contributed by atoms with van der Waals surface area (Å²) in [4.78, 5) is 28.6. The molecule has 6 nitrogen and oxygen atoms in total. The number of rotatable bonds is 2. The molecule has 3 heterocycles. The first-order valence-corrected chi connectivity index (χ1v) is 8.06. The van der Waals surface area contributed by atoms with Crippen LogP contribution in [0, 0.1) is 11.8 Å². The molecule has 0 radical (unpaired) electrons. The Morgan fingerprint density at radius 3 is 2.24 bits per heavy atom. The first-order chi connectivity index (χ1) is 10.2. The molecule has 3 rings (SSSR count). The Labute approximate surface area is 125 Å². The van der Waals surface area contributed by atoms with E-state index in [-0.39, 0.29) is 23.8 Å². The second-order valence-electron chi connectivity index (χ2n) is 6.39. The second kappa shape index (κ2) is 6.32. The number of ether oxygens (including phenoxy) is 1. The lowest BCUT2D eigenvalue weighted by atomic mass is 9.96. The van der Waals surface area contributed by atoms with Crippen LogP contribution in [0.1, 0.15) is 19.8 Å². The van der Waals surface area contributed by atoms with Crippen molar-refractivity contribution >= 4 is 11.8 Å². The molecule has 6 heteroatoms. The van der Waals surface area contributed by atoms with Gasteiger partial charge in [0.05, 0.1) is 5.92 Å². The van der Waals surface area contributed by atoms with Crippen LogP contribution in [0.2, 0.25) is 0 Å². The number of carbonyl (C=O) groups excluding carboxylic acids is 2. The second-order valence-corrected chi connectivity index (χ2v) is 6.39. The first-order valence-electron chi connectivity index (χ1n) is 8.06. The van der Waals surface area contributed by atoms with Gasteiger partial charge in [0, 0.05) is 39.3 Å². The molecule has 3 aliphatic heterocycles. The number of carbonyl (C=O) groups is 2. The van der Waals surface area contributed by atoms with E-state index >= 15 is 0 Å². The Morgan fingerprint density at radius 1 is 1.05 bits per heavy atom. The van der Waals surface area contributed by atoms with Crippen molar-refractivity contribution < 1.29 is 14.3 Å². The first kappa shape index (κ1) is 14.8. The molecule has 1 N–H and O–H groups in total. The molecule has 3 saturated heterocycles. The number of nitrogens with one attached hydrogen (secondary N) is 1. The number of amides is 2. The fraction of sp³-hybridized carbons (Fsp3) is 0.867. The summed E-state index contributed by atoms with van der Waals surface area (Å²) in [5, 5.41) is 3.28. The maximum absolute atomic E-state index is 12.5. The lowest BCUT2D eigenvalue weighted by molar-refractivity contribution is -0.147. The molecule has 118 valence electrons. The van der Waals surface area contributed by atoms with Crippen molar-refractivity contribution in [1.29, 1.82) is 0 Å². The SMILES string of the molecule is CC1CNCC1C(=O)N1CCN(C(=O)C2CCCO2)CC1. The minimum atomic E-state index is -0.244. The van der Waals surface area contributed by atoms with Gasteiger partial charge in [-0.2, -0.15) is 0 Å². The highest BCUT2D eigenvalue weighted by molar-refractivity contribution is 5.82. The molecule has 0 aromatic carbocycles. The molecule has 0 bridgehead atoms. The summed E-state index contributed by atoms with van der Waals surface area (Å²) >= 11 is 0. The summed E-state index contributed by atoms with van der Waals surface area (Å²) < 4.78 is 5.46. The van der Waals surface area contributed by atoms with Gasteiger partial charge in [-0.05, 0) is 25.3 Å². The fourth-order valence-electron chi connectivity index (χ4n) is 3.50. The molecule has 3 aliphatic rings. The number of piperazine rings is 1. The van der Waals surface area contributed by atoms with Gasteiger partial charge in [0.1, 0.15) is 6.10 Å². The Hall–Kier alpha value is -1.14. The lowest BCUT2D eigenvalue weighted by Gasteiger charge is -2.37. The molecular formula is C15H25N3O3. The normalized spacial score (nSPS) is 33.5. The largest absolute Gasteiger partial charge is 0.368 e. The molecule has 0 saturated carbocycles. The Morgan fingerprint density at radius 2 is 1.71 bits per heavy atom. The summed E-state index contributed by atoms with van der Waals surface area (Å²) in [6, 6.07) is 0. The van der Waals surface area contributed by atoms with Gasteiger partial charge in [-0.25, -0.2) is 0 Å². The topological polar surface area (TPSA) is 61.9 Å². The van der Waals surface area contributed by atoms with Gasteiger partial charge in [-0.15, -0.1) is 0 Å². The van der Waals surface area contributed by atoms with Crippen molar-refractivity contribution in [2.45, 2.75) is 25.9 Å². The molecule has 3 unspecified atom stereocenters. The smallest absolute Gasteiger partial charge is 0.251 e. The van der Waals surface area contributed by atoms with E-state index in [4.69, 9.17) is 4.74 Å². The number of nitrogens with zero attached hydrogens (tertiary/aromatic N) is 2. The molecule has 0 aromatic rings. The highest BCUT2D eigenvalue weighted by Gasteiger charge is 2.36. The van der Waals surface area contributed by atoms with Crippen LogP contribution in [0.5, 0.6) is 0 Å². The standard InChI is InChI=1S/C15H25N3O3/c1-11-9-16-10-12(11)14(19)17-4-6-18(7-5-17)15(20)13-3-2-8-21-13/h11-13,16H,2-10H2,1H3. The summed E-state index contributed by atoms with van der Waals surface area (Å²) in [5.74, 6) is 0.863. The van der Waals surface area contributed by atoms with Crippen LogP contribution in [-0.2, 0) is 14.3 Å². The molecule has 2 amide bonds. The van der Waals surface area contributed by atoms with E-state index in [1.54, 1.807) is 0 Å². The molecule has 3 atom stereocenters. The highest BCUT2D eigenvalue weighted by atomic mass is 16.5. The minimum Gasteiger partial charge on any atom is -0.368 e. The average molecular weight is 295 g/mol. The minimum absolute atomic E-state index is 0.102. The van der Waals surface area contributed by atoms with Crippen molar-refractivity contribution in [3.63, 3.8) is 0 Å². The summed E-state index contributed by atoms with van der Waals surface area (Å²) in [6.45, 7) is 7.11. The predicted molar refractivity (Wildman–Crippen MR) is 77.7 cm³/mol. The summed E-state index contributed by atoms with van der Waals surface area (Å²) in [5.41, 5.74) is 0. The van der Waals surface area contributed by atoms with E-state index in [1.165, 1.54) is 0 Å². The molecule has 0 spiro atoms. The molecular weight excluding hydrogens is 270 g/mol. The Balaban J connectivity index is 1.50. The number of hydrogen-bond donors (Lipinski definition) is 1. The van der Waals surface area contributed by atoms with Crippen molar-refractivity contribution in [2.24, 2.45) is 11.8 Å². The molecule has 0 aromatic heterocycles. The Bertz CT molecular complexity index is 401. The maximum Gasteiger partial charge on any atom is 0.251 e. The third-order valence-corrected chi connectivity index (χ3v) is 4.94. The van der Waals surface area contributed by atoms with Crippen LogP contribution >= 0.6 is 0 Å². The third-order valence-electron chi connectivity index (χ3n) is 4.94. The van der Waals surface area contributed by atoms with E-state index in [1.807, 2.05) is 9.80 Å². The van der Waals surface area contributed by atoms with Gasteiger partial charge in [-0.3, -0.25) is 9.59 Å². The van der Waals surface area contributed by atoms with Crippen LogP contribution in [0.25, 0.3) is 0 Å². The van der Waals surface area contributed by atoms with Crippen LogP contribution in [0.4, 0.5) is 0 Å². The summed E-state index contributed by atoms with van der Waals surface area (Å²) in [7, 11) is 0. The van der Waals surface area contributed by atoms with E-state index in [0.717, 1.165) is 25.9 Å². The van der Waals surface area contributed by atoms with Gasteiger partial charge in [0.25, 0.3) is 5.91 Å². The Kier molecular flexibility index (Phi) is 4.45. The maximum atomic E-state index is 12.5. The lowest BCUT2D eigenvalue weighted by Crippen LogP contribution is -2.54.